The van der Waals surface area contributed by atoms with E-state index in [2.05, 4.69) is 0 Å². The van der Waals surface area contributed by atoms with Gasteiger partial charge in [0.05, 0.1) is 0 Å². The first-order valence-electron chi connectivity index (χ1n) is 3.90. The molecule has 0 aromatic heterocycles. The van der Waals surface area contributed by atoms with Crippen LogP contribution in [-0.2, 0) is 0 Å². The summed E-state index contributed by atoms with van der Waals surface area (Å²) in [6.07, 6.45) is -0.791. The molecule has 1 aliphatic rings. The van der Waals surface area contributed by atoms with Gasteiger partial charge in [-0.3, -0.25) is 5.21 Å². The van der Waals surface area contributed by atoms with Crippen LogP contribution in [0.25, 0.3) is 11.6 Å². The minimum Gasteiger partial charge on any atom is -0.506 e. The van der Waals surface area contributed by atoms with Crippen LogP contribution in [0.3, 0.4) is 0 Å². The molecule has 2 rings (SSSR count). The Morgan fingerprint density at radius 1 is 0.929 bits per heavy atom. The van der Waals surface area contributed by atoms with Gasteiger partial charge in [0.2, 0.25) is 5.88 Å². The van der Waals surface area contributed by atoms with E-state index < -0.39 is 17.9 Å². The number of nitrogens with zero attached hydrogens (tertiary/aromatic N) is 1. The van der Waals surface area contributed by atoms with Crippen molar-refractivity contribution in [3.63, 3.8) is 0 Å². The zero-order chi connectivity index (χ0) is 10.3. The Hall–Kier alpha value is -1.72. The van der Waals surface area contributed by atoms with Gasteiger partial charge in [-0.1, -0.05) is 18.2 Å². The number of benzene rings is 1. The molecule has 0 amide bonds. The monoisotopic (exact) mass is 194 g/mol. The lowest BCUT2D eigenvalue weighted by Gasteiger charge is -2.23. The number of fused-ring (bicyclic) bond motifs is 1. The summed E-state index contributed by atoms with van der Waals surface area (Å²) in [5.41, 5.74) is 0. The molecule has 1 aliphatic heterocycles. The molecule has 0 saturated heterocycles. The average molecular weight is 194 g/mol. The molecule has 0 unspecified atom stereocenters. The third-order valence-electron chi connectivity index (χ3n) is 2.04. The lowest BCUT2D eigenvalue weighted by Crippen LogP contribution is -2.43. The van der Waals surface area contributed by atoms with Gasteiger partial charge in [-0.25, -0.2) is 0 Å². The van der Waals surface area contributed by atoms with Gasteiger partial charge in [0.15, 0.2) is 5.76 Å². The second-order valence-electron chi connectivity index (χ2n) is 2.85. The van der Waals surface area contributed by atoms with Gasteiger partial charge in [-0.05, 0) is 6.07 Å². The molecular weight excluding hydrogens is 186 g/mol. The van der Waals surface area contributed by atoms with E-state index in [1.165, 1.54) is 12.1 Å². The molecular formula is C9H8NO4. The zero-order valence-electron chi connectivity index (χ0n) is 7.05. The van der Waals surface area contributed by atoms with Crippen LogP contribution in [0.5, 0.6) is 0 Å². The predicted octanol–water partition coefficient (Wildman–Crippen LogP) is -0.457. The lowest BCUT2D eigenvalue weighted by atomic mass is 10.1. The fraction of sp³-hybridized carbons (Fsp3) is 0. The number of hydrogen-bond acceptors (Lipinski definition) is 5. The molecule has 5 heteroatoms. The first kappa shape index (κ1) is 8.86. The maximum absolute atomic E-state index is 9.42. The third-order valence-corrected chi connectivity index (χ3v) is 2.04. The molecule has 4 N–H and O–H groups in total. The van der Waals surface area contributed by atoms with E-state index in [0.29, 0.717) is 0 Å². The SMILES string of the molecule is O[C]1C(O)=c2ccccc2=C(O)N1O. The van der Waals surface area contributed by atoms with Gasteiger partial charge in [0.25, 0.3) is 6.23 Å². The van der Waals surface area contributed by atoms with Crippen molar-refractivity contribution in [2.75, 3.05) is 0 Å². The van der Waals surface area contributed by atoms with E-state index in [1.54, 1.807) is 12.1 Å². The van der Waals surface area contributed by atoms with E-state index in [9.17, 15) is 15.3 Å². The summed E-state index contributed by atoms with van der Waals surface area (Å²) >= 11 is 0. The van der Waals surface area contributed by atoms with Crippen molar-refractivity contribution in [3.05, 3.63) is 40.9 Å². The molecule has 1 aromatic rings. The molecule has 1 aromatic carbocycles. The summed E-state index contributed by atoms with van der Waals surface area (Å²) in [6, 6.07) is 6.31. The van der Waals surface area contributed by atoms with Crippen molar-refractivity contribution >= 4 is 11.6 Å². The van der Waals surface area contributed by atoms with E-state index in [1.807, 2.05) is 0 Å². The van der Waals surface area contributed by atoms with Crippen LogP contribution >= 0.6 is 0 Å². The first-order chi connectivity index (χ1) is 6.63. The molecule has 0 aliphatic carbocycles. The third kappa shape index (κ3) is 1.03. The zero-order valence-corrected chi connectivity index (χ0v) is 7.05. The maximum Gasteiger partial charge on any atom is 0.282 e. The van der Waals surface area contributed by atoms with Gasteiger partial charge in [-0.2, -0.15) is 5.06 Å². The number of rotatable bonds is 0. The Balaban J connectivity index is 2.91. The number of hydroxylamine groups is 2. The summed E-state index contributed by atoms with van der Waals surface area (Å²) in [4.78, 5) is 0. The Bertz CT molecular complexity index is 437. The maximum atomic E-state index is 9.42. The van der Waals surface area contributed by atoms with Gasteiger partial charge >= 0.3 is 0 Å². The van der Waals surface area contributed by atoms with Crippen molar-refractivity contribution < 1.29 is 20.5 Å². The van der Waals surface area contributed by atoms with Crippen molar-refractivity contribution in [2.24, 2.45) is 0 Å². The Morgan fingerprint density at radius 2 is 1.50 bits per heavy atom. The molecule has 0 bridgehead atoms. The summed E-state index contributed by atoms with van der Waals surface area (Å²) in [5.74, 6) is -0.989. The van der Waals surface area contributed by atoms with Crippen molar-refractivity contribution in [1.82, 2.24) is 5.06 Å². The lowest BCUT2D eigenvalue weighted by molar-refractivity contribution is -0.0933. The highest BCUT2D eigenvalue weighted by Gasteiger charge is 2.27. The largest absolute Gasteiger partial charge is 0.506 e. The van der Waals surface area contributed by atoms with Crippen molar-refractivity contribution in [2.45, 2.75) is 0 Å². The van der Waals surface area contributed by atoms with Crippen LogP contribution in [0.15, 0.2) is 24.3 Å². The van der Waals surface area contributed by atoms with E-state index in [0.717, 1.165) is 0 Å². The Labute approximate surface area is 79.0 Å². The molecule has 1 radical (unpaired) electrons. The predicted molar refractivity (Wildman–Crippen MR) is 46.6 cm³/mol. The quantitative estimate of drug-likeness (QED) is 0.449. The van der Waals surface area contributed by atoms with Crippen LogP contribution in [0.1, 0.15) is 0 Å². The van der Waals surface area contributed by atoms with Crippen molar-refractivity contribution in [1.29, 1.82) is 0 Å². The first-order valence-corrected chi connectivity index (χ1v) is 3.90. The van der Waals surface area contributed by atoms with E-state index >= 15 is 0 Å². The molecule has 14 heavy (non-hydrogen) atoms. The standard InChI is InChI=1S/C9H8NO4/c11-7-5-3-1-2-4-6(5)8(12)10(14)9(7)13/h1-4,11-14H. The fourth-order valence-corrected chi connectivity index (χ4v) is 1.32. The van der Waals surface area contributed by atoms with Crippen LogP contribution in [-0.4, -0.2) is 25.6 Å². The summed E-state index contributed by atoms with van der Waals surface area (Å²) in [7, 11) is 0. The number of aliphatic hydroxyl groups is 3. The van der Waals surface area contributed by atoms with Gasteiger partial charge in [-0.15, -0.1) is 0 Å². The molecule has 0 spiro atoms. The molecule has 73 valence electrons. The Kier molecular flexibility index (Phi) is 1.83. The highest BCUT2D eigenvalue weighted by atomic mass is 16.6. The topological polar surface area (TPSA) is 84.2 Å². The normalized spacial score (nSPS) is 17.1. The Morgan fingerprint density at radius 3 is 2.14 bits per heavy atom. The van der Waals surface area contributed by atoms with Gasteiger partial charge in [0, 0.05) is 10.4 Å². The highest BCUT2D eigenvalue weighted by Crippen LogP contribution is 2.16. The fourth-order valence-electron chi connectivity index (χ4n) is 1.32. The van der Waals surface area contributed by atoms with Gasteiger partial charge in [0.1, 0.15) is 0 Å². The second kappa shape index (κ2) is 2.90. The number of hydrogen-bond donors (Lipinski definition) is 4. The van der Waals surface area contributed by atoms with Crippen molar-refractivity contribution in [3.8, 4) is 0 Å². The van der Waals surface area contributed by atoms with Gasteiger partial charge < -0.3 is 15.3 Å². The molecule has 1 heterocycles. The summed E-state index contributed by atoms with van der Waals surface area (Å²) < 4.78 is 0. The van der Waals surface area contributed by atoms with Crippen LogP contribution in [0.2, 0.25) is 0 Å². The van der Waals surface area contributed by atoms with Crippen LogP contribution < -0.4 is 10.4 Å². The minimum atomic E-state index is -0.791. The average Bonchev–Trinajstić information content (AvgIpc) is 2.23. The summed E-state index contributed by atoms with van der Waals surface area (Å²) in [6.45, 7) is 0. The van der Waals surface area contributed by atoms with Crippen LogP contribution in [0.4, 0.5) is 0 Å². The summed E-state index contributed by atoms with van der Waals surface area (Å²) in [5, 5.41) is 37.8. The highest BCUT2D eigenvalue weighted by molar-refractivity contribution is 5.56. The molecule has 0 saturated carbocycles. The molecule has 5 nitrogen and oxygen atoms in total. The van der Waals surface area contributed by atoms with E-state index in [-0.39, 0.29) is 15.5 Å². The van der Waals surface area contributed by atoms with Crippen LogP contribution in [0, 0.1) is 6.23 Å². The minimum absolute atomic E-state index is 0.123. The smallest absolute Gasteiger partial charge is 0.282 e. The molecule has 0 fully saturated rings. The van der Waals surface area contributed by atoms with E-state index in [4.69, 9.17) is 5.21 Å². The second-order valence-corrected chi connectivity index (χ2v) is 2.85. The number of aliphatic hydroxyl groups excluding tert-OH is 3. The molecule has 0 atom stereocenters.